The molecule has 0 fully saturated rings. The molecule has 0 aliphatic rings. The second-order valence-electron chi connectivity index (χ2n) is 6.88. The highest BCUT2D eigenvalue weighted by molar-refractivity contribution is 6.37. The first kappa shape index (κ1) is 23.4. The van der Waals surface area contributed by atoms with Crippen LogP contribution in [0.2, 0.25) is 15.1 Å². The van der Waals surface area contributed by atoms with E-state index in [1.165, 1.54) is 18.2 Å². The molecule has 0 radical (unpaired) electrons. The highest BCUT2D eigenvalue weighted by Crippen LogP contribution is 2.28. The van der Waals surface area contributed by atoms with Gasteiger partial charge in [0.05, 0.1) is 21.3 Å². The van der Waals surface area contributed by atoms with E-state index in [9.17, 15) is 20.0 Å². The summed E-state index contributed by atoms with van der Waals surface area (Å²) in [5.41, 5.74) is 3.08. The minimum Gasteiger partial charge on any atom is -0.478 e. The molecule has 1 aromatic heterocycles. The molecular formula is C23H16Cl3N3O3. The lowest BCUT2D eigenvalue weighted by atomic mass is 10.1. The van der Waals surface area contributed by atoms with Crippen LogP contribution in [0.4, 0.5) is 5.69 Å². The predicted octanol–water partition coefficient (Wildman–Crippen LogP) is 6.30. The summed E-state index contributed by atoms with van der Waals surface area (Å²) in [5.74, 6) is -1.73. The molecule has 0 saturated heterocycles. The van der Waals surface area contributed by atoms with Gasteiger partial charge in [0.15, 0.2) is 0 Å². The van der Waals surface area contributed by atoms with Crippen LogP contribution in [-0.4, -0.2) is 21.6 Å². The van der Waals surface area contributed by atoms with E-state index in [1.807, 2.05) is 30.6 Å². The standard InChI is InChI=1S/C23H16Cl3N3O3/c1-12-7-14(13(2)29(12)17-4-5-18(23(31)32)19(25)10-17)8-15(11-27)22(30)28-21-6-3-16(24)9-20(21)26/h3-10H,1-2H3,(H,28,30)(H,31,32)/b15-8-. The number of hydrogen-bond donors (Lipinski definition) is 2. The summed E-state index contributed by atoms with van der Waals surface area (Å²) in [6, 6.07) is 13.0. The molecule has 162 valence electrons. The van der Waals surface area contributed by atoms with Gasteiger partial charge in [-0.15, -0.1) is 0 Å². The minimum absolute atomic E-state index is 0.00213. The van der Waals surface area contributed by atoms with Crippen molar-refractivity contribution in [3.63, 3.8) is 0 Å². The normalized spacial score (nSPS) is 11.2. The first-order chi connectivity index (χ1) is 15.1. The molecule has 6 nitrogen and oxygen atoms in total. The molecule has 3 aromatic rings. The van der Waals surface area contributed by atoms with Crippen molar-refractivity contribution in [3.8, 4) is 11.8 Å². The van der Waals surface area contributed by atoms with Crippen molar-refractivity contribution in [1.29, 1.82) is 5.26 Å². The summed E-state index contributed by atoms with van der Waals surface area (Å²) in [7, 11) is 0. The molecule has 2 aromatic carbocycles. The van der Waals surface area contributed by atoms with Crippen molar-refractivity contribution in [2.45, 2.75) is 13.8 Å². The third kappa shape index (κ3) is 4.81. The van der Waals surface area contributed by atoms with E-state index in [0.29, 0.717) is 22.0 Å². The number of anilines is 1. The SMILES string of the molecule is Cc1cc(/C=C(/C#N)C(=O)Nc2ccc(Cl)cc2Cl)c(C)n1-c1ccc(C(=O)O)c(Cl)c1. The van der Waals surface area contributed by atoms with Crippen LogP contribution in [-0.2, 0) is 4.79 Å². The Kier molecular flexibility index (Phi) is 6.95. The third-order valence-corrected chi connectivity index (χ3v) is 5.62. The number of carbonyl (C=O) groups excluding carboxylic acids is 1. The zero-order valence-corrected chi connectivity index (χ0v) is 19.2. The van der Waals surface area contributed by atoms with Crippen molar-refractivity contribution in [3.05, 3.63) is 85.6 Å². The topological polar surface area (TPSA) is 95.1 Å². The summed E-state index contributed by atoms with van der Waals surface area (Å²) in [6.45, 7) is 3.67. The number of nitrogens with one attached hydrogen (secondary N) is 1. The van der Waals surface area contributed by atoms with Gasteiger partial charge in [-0.3, -0.25) is 4.79 Å². The van der Waals surface area contributed by atoms with Gasteiger partial charge in [-0.1, -0.05) is 34.8 Å². The summed E-state index contributed by atoms with van der Waals surface area (Å²) >= 11 is 18.1. The maximum atomic E-state index is 12.6. The van der Waals surface area contributed by atoms with Gasteiger partial charge < -0.3 is 15.0 Å². The van der Waals surface area contributed by atoms with Crippen LogP contribution in [0.5, 0.6) is 0 Å². The number of nitriles is 1. The van der Waals surface area contributed by atoms with Crippen LogP contribution in [0.3, 0.4) is 0 Å². The second kappa shape index (κ2) is 9.49. The van der Waals surface area contributed by atoms with Gasteiger partial charge in [-0.25, -0.2) is 4.79 Å². The number of aromatic carboxylic acids is 1. The largest absolute Gasteiger partial charge is 0.478 e. The van der Waals surface area contributed by atoms with Crippen LogP contribution >= 0.6 is 34.8 Å². The van der Waals surface area contributed by atoms with Gasteiger partial charge in [0.2, 0.25) is 0 Å². The lowest BCUT2D eigenvalue weighted by Gasteiger charge is -2.11. The number of rotatable bonds is 5. The number of aryl methyl sites for hydroxylation is 1. The Labute approximate surface area is 199 Å². The fourth-order valence-corrected chi connectivity index (χ4v) is 3.94. The van der Waals surface area contributed by atoms with E-state index in [4.69, 9.17) is 34.8 Å². The number of benzene rings is 2. The molecule has 3 rings (SSSR count). The average Bonchev–Trinajstić information content (AvgIpc) is 3.00. The number of nitrogens with zero attached hydrogens (tertiary/aromatic N) is 2. The van der Waals surface area contributed by atoms with Crippen molar-refractivity contribution in [1.82, 2.24) is 4.57 Å². The smallest absolute Gasteiger partial charge is 0.337 e. The molecule has 0 unspecified atom stereocenters. The third-order valence-electron chi connectivity index (χ3n) is 4.76. The summed E-state index contributed by atoms with van der Waals surface area (Å²) < 4.78 is 1.85. The van der Waals surface area contributed by atoms with E-state index in [2.05, 4.69) is 5.32 Å². The van der Waals surface area contributed by atoms with E-state index in [1.54, 1.807) is 24.3 Å². The summed E-state index contributed by atoms with van der Waals surface area (Å²) in [4.78, 5) is 23.8. The highest BCUT2D eigenvalue weighted by atomic mass is 35.5. The van der Waals surface area contributed by atoms with Crippen LogP contribution in [0.15, 0.2) is 48.0 Å². The van der Waals surface area contributed by atoms with Gasteiger partial charge in [0.25, 0.3) is 5.91 Å². The number of amides is 1. The van der Waals surface area contributed by atoms with Gasteiger partial charge in [0, 0.05) is 22.1 Å². The maximum absolute atomic E-state index is 12.6. The molecule has 32 heavy (non-hydrogen) atoms. The molecule has 0 aliphatic carbocycles. The number of hydrogen-bond acceptors (Lipinski definition) is 3. The molecule has 2 N–H and O–H groups in total. The van der Waals surface area contributed by atoms with Crippen LogP contribution in [0.1, 0.15) is 27.3 Å². The zero-order chi connectivity index (χ0) is 23.6. The number of aromatic nitrogens is 1. The van der Waals surface area contributed by atoms with Crippen LogP contribution in [0, 0.1) is 25.2 Å². The van der Waals surface area contributed by atoms with Crippen LogP contribution < -0.4 is 5.32 Å². The molecule has 1 heterocycles. The first-order valence-corrected chi connectivity index (χ1v) is 10.4. The van der Waals surface area contributed by atoms with E-state index in [-0.39, 0.29) is 21.2 Å². The summed E-state index contributed by atoms with van der Waals surface area (Å²) in [6.07, 6.45) is 1.48. The maximum Gasteiger partial charge on any atom is 0.337 e. The number of carboxylic acids is 1. The van der Waals surface area contributed by atoms with E-state index in [0.717, 1.165) is 11.4 Å². The Morgan fingerprint density at radius 3 is 2.38 bits per heavy atom. The van der Waals surface area contributed by atoms with Gasteiger partial charge in [-0.05, 0) is 68.0 Å². The lowest BCUT2D eigenvalue weighted by molar-refractivity contribution is -0.112. The Morgan fingerprint density at radius 2 is 1.78 bits per heavy atom. The fourth-order valence-electron chi connectivity index (χ4n) is 3.23. The molecule has 0 bridgehead atoms. The number of halogens is 3. The quantitative estimate of drug-likeness (QED) is 0.325. The molecule has 0 spiro atoms. The van der Waals surface area contributed by atoms with Crippen molar-refractivity contribution >= 4 is 58.4 Å². The Morgan fingerprint density at radius 1 is 1.06 bits per heavy atom. The average molecular weight is 489 g/mol. The van der Waals surface area contributed by atoms with Gasteiger partial charge in [0.1, 0.15) is 11.6 Å². The lowest BCUT2D eigenvalue weighted by Crippen LogP contribution is -2.13. The van der Waals surface area contributed by atoms with Gasteiger partial charge >= 0.3 is 5.97 Å². The second-order valence-corrected chi connectivity index (χ2v) is 8.13. The Hall–Kier alpha value is -3.24. The van der Waals surface area contributed by atoms with Crippen molar-refractivity contribution < 1.29 is 14.7 Å². The monoisotopic (exact) mass is 487 g/mol. The Balaban J connectivity index is 1.96. The molecule has 1 amide bonds. The Bertz CT molecular complexity index is 1320. The molecule has 9 heteroatoms. The highest BCUT2D eigenvalue weighted by Gasteiger charge is 2.16. The molecule has 0 saturated carbocycles. The predicted molar refractivity (Wildman–Crippen MR) is 126 cm³/mol. The van der Waals surface area contributed by atoms with E-state index < -0.39 is 11.9 Å². The molecule has 0 atom stereocenters. The summed E-state index contributed by atoms with van der Waals surface area (Å²) in [5, 5.41) is 22.1. The molecular weight excluding hydrogens is 473 g/mol. The van der Waals surface area contributed by atoms with Gasteiger partial charge in [-0.2, -0.15) is 5.26 Å². The van der Waals surface area contributed by atoms with E-state index >= 15 is 0 Å². The fraction of sp³-hybridized carbons (Fsp3) is 0.0870. The first-order valence-electron chi connectivity index (χ1n) is 9.22. The minimum atomic E-state index is -1.11. The van der Waals surface area contributed by atoms with Crippen molar-refractivity contribution in [2.75, 3.05) is 5.32 Å². The number of carbonyl (C=O) groups is 2. The number of carboxylic acid groups (broad SMARTS) is 1. The van der Waals surface area contributed by atoms with Crippen molar-refractivity contribution in [2.24, 2.45) is 0 Å². The molecule has 0 aliphatic heterocycles. The zero-order valence-electron chi connectivity index (χ0n) is 16.9. The van der Waals surface area contributed by atoms with Crippen LogP contribution in [0.25, 0.3) is 11.8 Å².